The smallest absolute Gasteiger partial charge is 0.255 e. The second-order valence-electron chi connectivity index (χ2n) is 8.37. The normalized spacial score (nSPS) is 12.4. The first-order valence-corrected chi connectivity index (χ1v) is 13.1. The molecule has 2 N–H and O–H groups in total. The van der Waals surface area contributed by atoms with E-state index in [9.17, 15) is 14.7 Å². The van der Waals surface area contributed by atoms with Crippen LogP contribution in [0.4, 0.5) is 0 Å². The predicted molar refractivity (Wildman–Crippen MR) is 152 cm³/mol. The van der Waals surface area contributed by atoms with E-state index in [2.05, 4.69) is 85.2 Å². The molecular formula is C32H43NO3. The van der Waals surface area contributed by atoms with Gasteiger partial charge in [0.2, 0.25) is 0 Å². The summed E-state index contributed by atoms with van der Waals surface area (Å²) in [5.74, 6) is -0.160. The molecule has 0 aromatic heterocycles. The van der Waals surface area contributed by atoms with Crippen molar-refractivity contribution in [2.24, 2.45) is 0 Å². The Morgan fingerprint density at radius 3 is 1.75 bits per heavy atom. The molecule has 0 atom stereocenters. The number of para-hydroxylation sites is 1. The van der Waals surface area contributed by atoms with E-state index in [4.69, 9.17) is 0 Å². The summed E-state index contributed by atoms with van der Waals surface area (Å²) in [5, 5.41) is 12.4. The molecular weight excluding hydrogens is 446 g/mol. The van der Waals surface area contributed by atoms with E-state index in [-0.39, 0.29) is 23.0 Å². The second kappa shape index (κ2) is 22.1. The Morgan fingerprint density at radius 2 is 1.22 bits per heavy atom. The van der Waals surface area contributed by atoms with Gasteiger partial charge in [-0.2, -0.15) is 0 Å². The van der Waals surface area contributed by atoms with Gasteiger partial charge in [0.15, 0.2) is 0 Å². The average molecular weight is 490 g/mol. The zero-order chi connectivity index (χ0) is 26.1. The molecule has 0 aliphatic carbocycles. The van der Waals surface area contributed by atoms with Gasteiger partial charge >= 0.3 is 0 Å². The SMILES string of the molecule is CC/C=C\C/C=C\C/C=C\C/C=C\C/C=C\C/C=C\CCC(=O)CCCNC(=O)c1ccccc1O. The van der Waals surface area contributed by atoms with Gasteiger partial charge in [0, 0.05) is 19.4 Å². The first-order valence-electron chi connectivity index (χ1n) is 13.1. The molecule has 0 fully saturated rings. The molecule has 0 saturated carbocycles. The number of nitrogens with one attached hydrogen (secondary N) is 1. The highest BCUT2D eigenvalue weighted by molar-refractivity contribution is 5.96. The Kier molecular flexibility index (Phi) is 18.8. The minimum atomic E-state index is -0.321. The molecule has 0 radical (unpaired) electrons. The topological polar surface area (TPSA) is 66.4 Å². The van der Waals surface area contributed by atoms with Gasteiger partial charge in [-0.1, -0.05) is 92.0 Å². The fraction of sp³-hybridized carbons (Fsp3) is 0.375. The van der Waals surface area contributed by atoms with Crippen LogP contribution in [0.1, 0.15) is 81.5 Å². The number of Topliss-reactive ketones (excluding diaryl/α,β-unsaturated/α-hetero) is 1. The summed E-state index contributed by atoms with van der Waals surface area (Å²) >= 11 is 0. The summed E-state index contributed by atoms with van der Waals surface area (Å²) in [7, 11) is 0. The summed E-state index contributed by atoms with van der Waals surface area (Å²) in [5.41, 5.74) is 0.251. The lowest BCUT2D eigenvalue weighted by Crippen LogP contribution is -2.24. The number of amides is 1. The minimum Gasteiger partial charge on any atom is -0.507 e. The first-order chi connectivity index (χ1) is 17.6. The van der Waals surface area contributed by atoms with Gasteiger partial charge in [-0.3, -0.25) is 9.59 Å². The molecule has 1 aromatic rings. The molecule has 0 aliphatic rings. The summed E-state index contributed by atoms with van der Waals surface area (Å²) in [6, 6.07) is 6.42. The molecule has 36 heavy (non-hydrogen) atoms. The number of rotatable bonds is 19. The fourth-order valence-corrected chi connectivity index (χ4v) is 3.26. The molecule has 1 rings (SSSR count). The molecule has 4 heteroatoms. The van der Waals surface area contributed by atoms with Crippen molar-refractivity contribution in [1.82, 2.24) is 5.32 Å². The van der Waals surface area contributed by atoms with E-state index in [0.29, 0.717) is 25.8 Å². The van der Waals surface area contributed by atoms with Crippen molar-refractivity contribution in [3.63, 3.8) is 0 Å². The van der Waals surface area contributed by atoms with E-state index in [1.165, 1.54) is 6.07 Å². The molecule has 0 heterocycles. The lowest BCUT2D eigenvalue weighted by molar-refractivity contribution is -0.119. The Labute approximate surface area is 217 Å². The molecule has 0 saturated heterocycles. The summed E-state index contributed by atoms with van der Waals surface area (Å²) < 4.78 is 0. The van der Waals surface area contributed by atoms with Crippen LogP contribution < -0.4 is 5.32 Å². The highest BCUT2D eigenvalue weighted by Crippen LogP contribution is 2.15. The maximum Gasteiger partial charge on any atom is 0.255 e. The van der Waals surface area contributed by atoms with Crippen LogP contribution in [0.3, 0.4) is 0 Å². The van der Waals surface area contributed by atoms with Crippen molar-refractivity contribution in [2.45, 2.75) is 71.1 Å². The molecule has 4 nitrogen and oxygen atoms in total. The zero-order valence-electron chi connectivity index (χ0n) is 21.8. The summed E-state index contributed by atoms with van der Waals surface area (Å²) in [6.45, 7) is 2.56. The maximum absolute atomic E-state index is 12.0. The standard InChI is InChI=1S/C32H43NO3/c1-2-3-4-5-6-7-8-9-10-11-12-13-14-15-16-17-18-19-20-24-29(34)25-23-28-33-32(36)30-26-21-22-27-31(30)35/h3-4,6-7,9-10,12-13,15-16,18-19,21-22,26-27,35H,2,5,8,11,14,17,20,23-25,28H2,1H3,(H,33,36)/b4-3-,7-6-,10-9-,13-12-,16-15-,19-18-. The summed E-state index contributed by atoms with van der Waals surface area (Å²) in [4.78, 5) is 24.0. The molecule has 194 valence electrons. The van der Waals surface area contributed by atoms with Crippen molar-refractivity contribution in [3.05, 3.63) is 103 Å². The summed E-state index contributed by atoms with van der Waals surface area (Å²) in [6.07, 6.45) is 34.2. The molecule has 1 aromatic carbocycles. The Bertz CT molecular complexity index is 919. The highest BCUT2D eigenvalue weighted by atomic mass is 16.3. The fourth-order valence-electron chi connectivity index (χ4n) is 3.26. The maximum atomic E-state index is 12.0. The number of aromatic hydroxyl groups is 1. The van der Waals surface area contributed by atoms with Crippen molar-refractivity contribution in [3.8, 4) is 5.75 Å². The van der Waals surface area contributed by atoms with Crippen LogP contribution in [-0.2, 0) is 4.79 Å². The number of carbonyl (C=O) groups is 2. The number of hydrogen-bond acceptors (Lipinski definition) is 3. The molecule has 0 spiro atoms. The van der Waals surface area contributed by atoms with Crippen molar-refractivity contribution in [1.29, 1.82) is 0 Å². The van der Waals surface area contributed by atoms with Gasteiger partial charge in [-0.25, -0.2) is 0 Å². The van der Waals surface area contributed by atoms with Crippen LogP contribution in [0, 0.1) is 0 Å². The molecule has 0 bridgehead atoms. The molecule has 0 unspecified atom stereocenters. The Hall–Kier alpha value is -3.40. The molecule has 1 amide bonds. The van der Waals surface area contributed by atoms with Crippen LogP contribution in [0.25, 0.3) is 0 Å². The third-order valence-corrected chi connectivity index (χ3v) is 5.25. The van der Waals surface area contributed by atoms with Crippen molar-refractivity contribution in [2.75, 3.05) is 6.54 Å². The van der Waals surface area contributed by atoms with Crippen LogP contribution in [-0.4, -0.2) is 23.3 Å². The monoisotopic (exact) mass is 489 g/mol. The number of phenols is 1. The largest absolute Gasteiger partial charge is 0.507 e. The number of ketones is 1. The average Bonchev–Trinajstić information content (AvgIpc) is 2.88. The third-order valence-electron chi connectivity index (χ3n) is 5.25. The lowest BCUT2D eigenvalue weighted by atomic mass is 10.1. The number of hydrogen-bond donors (Lipinski definition) is 2. The minimum absolute atomic E-state index is 0.0394. The lowest BCUT2D eigenvalue weighted by Gasteiger charge is -2.06. The number of allylic oxidation sites excluding steroid dienone is 12. The third kappa shape index (κ3) is 17.1. The van der Waals surface area contributed by atoms with Gasteiger partial charge in [0.1, 0.15) is 11.5 Å². The quantitative estimate of drug-likeness (QED) is 0.153. The van der Waals surface area contributed by atoms with Gasteiger partial charge in [-0.05, 0) is 63.5 Å². The first kappa shape index (κ1) is 30.6. The second-order valence-corrected chi connectivity index (χ2v) is 8.37. The van der Waals surface area contributed by atoms with E-state index < -0.39 is 0 Å². The van der Waals surface area contributed by atoms with E-state index in [1.54, 1.807) is 18.2 Å². The van der Waals surface area contributed by atoms with Crippen molar-refractivity contribution >= 4 is 11.7 Å². The Morgan fingerprint density at radius 1 is 0.722 bits per heavy atom. The van der Waals surface area contributed by atoms with Gasteiger partial charge < -0.3 is 10.4 Å². The van der Waals surface area contributed by atoms with Gasteiger partial charge in [-0.15, -0.1) is 0 Å². The van der Waals surface area contributed by atoms with Crippen LogP contribution in [0.5, 0.6) is 5.75 Å². The predicted octanol–water partition coefficient (Wildman–Crippen LogP) is 7.95. The highest BCUT2D eigenvalue weighted by Gasteiger charge is 2.09. The molecule has 0 aliphatic heterocycles. The zero-order valence-corrected chi connectivity index (χ0v) is 21.8. The van der Waals surface area contributed by atoms with Crippen molar-refractivity contribution < 1.29 is 14.7 Å². The number of carbonyl (C=O) groups excluding carboxylic acids is 2. The van der Waals surface area contributed by atoms with Crippen LogP contribution in [0.2, 0.25) is 0 Å². The number of benzene rings is 1. The van der Waals surface area contributed by atoms with Crippen LogP contribution in [0.15, 0.2) is 97.2 Å². The van der Waals surface area contributed by atoms with Crippen LogP contribution >= 0.6 is 0 Å². The van der Waals surface area contributed by atoms with E-state index in [0.717, 1.165) is 44.9 Å². The number of phenolic OH excluding ortho intramolecular Hbond substituents is 1. The van der Waals surface area contributed by atoms with Gasteiger partial charge in [0.25, 0.3) is 5.91 Å². The Balaban J connectivity index is 1.99. The van der Waals surface area contributed by atoms with E-state index in [1.807, 2.05) is 0 Å². The van der Waals surface area contributed by atoms with E-state index >= 15 is 0 Å². The van der Waals surface area contributed by atoms with Gasteiger partial charge in [0.05, 0.1) is 5.56 Å².